The van der Waals surface area contributed by atoms with E-state index in [0.717, 1.165) is 12.8 Å². The van der Waals surface area contributed by atoms with E-state index < -0.39 is 5.97 Å². The quantitative estimate of drug-likeness (QED) is 0.817. The standard InChI is InChI=1S/C13H19N3O3/c1-2-5-19-12-8-14-7-11(16-12)15-10-4-3-9(6-10)13(17)18/h7-10H,2-6H2,1H3,(H,15,16)(H,17,18). The summed E-state index contributed by atoms with van der Waals surface area (Å²) < 4.78 is 5.41. The fourth-order valence-electron chi connectivity index (χ4n) is 2.24. The zero-order chi connectivity index (χ0) is 13.7. The van der Waals surface area contributed by atoms with Crippen molar-refractivity contribution >= 4 is 11.8 Å². The lowest BCUT2D eigenvalue weighted by Crippen LogP contribution is -2.18. The number of aliphatic carboxylic acids is 1. The smallest absolute Gasteiger partial charge is 0.306 e. The summed E-state index contributed by atoms with van der Waals surface area (Å²) in [6.07, 6.45) is 6.33. The van der Waals surface area contributed by atoms with E-state index in [1.54, 1.807) is 12.4 Å². The fourth-order valence-corrected chi connectivity index (χ4v) is 2.24. The number of aromatic nitrogens is 2. The maximum Gasteiger partial charge on any atom is 0.306 e. The molecule has 0 radical (unpaired) electrons. The third kappa shape index (κ3) is 3.81. The fraction of sp³-hybridized carbons (Fsp3) is 0.615. The first-order chi connectivity index (χ1) is 9.19. The SMILES string of the molecule is CCCOc1cncc(NC2CCC(C(=O)O)C2)n1. The first kappa shape index (κ1) is 13.6. The maximum absolute atomic E-state index is 10.9. The molecule has 1 aliphatic rings. The van der Waals surface area contributed by atoms with Crippen LogP contribution in [0.4, 0.5) is 5.82 Å². The van der Waals surface area contributed by atoms with Crippen molar-refractivity contribution in [3.63, 3.8) is 0 Å². The van der Waals surface area contributed by atoms with E-state index in [2.05, 4.69) is 15.3 Å². The second-order valence-corrected chi connectivity index (χ2v) is 4.78. The van der Waals surface area contributed by atoms with Crippen molar-refractivity contribution in [2.24, 2.45) is 5.92 Å². The van der Waals surface area contributed by atoms with Crippen molar-refractivity contribution in [1.29, 1.82) is 0 Å². The largest absolute Gasteiger partial charge is 0.481 e. The number of hydrogen-bond donors (Lipinski definition) is 2. The van der Waals surface area contributed by atoms with Crippen LogP contribution < -0.4 is 10.1 Å². The molecule has 0 aromatic carbocycles. The van der Waals surface area contributed by atoms with Gasteiger partial charge in [-0.25, -0.2) is 0 Å². The molecule has 1 aliphatic carbocycles. The average molecular weight is 265 g/mol. The van der Waals surface area contributed by atoms with E-state index in [4.69, 9.17) is 9.84 Å². The summed E-state index contributed by atoms with van der Waals surface area (Å²) in [6, 6.07) is 0.150. The van der Waals surface area contributed by atoms with Crippen molar-refractivity contribution in [2.45, 2.75) is 38.6 Å². The van der Waals surface area contributed by atoms with Gasteiger partial charge in [-0.1, -0.05) is 6.92 Å². The van der Waals surface area contributed by atoms with Gasteiger partial charge in [-0.3, -0.25) is 9.78 Å². The number of nitrogens with zero attached hydrogens (tertiary/aromatic N) is 2. The summed E-state index contributed by atoms with van der Waals surface area (Å²) in [5, 5.41) is 12.2. The van der Waals surface area contributed by atoms with Crippen LogP contribution >= 0.6 is 0 Å². The molecule has 6 nitrogen and oxygen atoms in total. The summed E-state index contributed by atoms with van der Waals surface area (Å²) in [4.78, 5) is 19.3. The van der Waals surface area contributed by atoms with E-state index in [9.17, 15) is 4.79 Å². The van der Waals surface area contributed by atoms with E-state index in [1.165, 1.54) is 0 Å². The van der Waals surface area contributed by atoms with Crippen LogP contribution in [0.3, 0.4) is 0 Å². The maximum atomic E-state index is 10.9. The first-order valence-corrected chi connectivity index (χ1v) is 6.63. The topological polar surface area (TPSA) is 84.3 Å². The number of hydrogen-bond acceptors (Lipinski definition) is 5. The number of carboxylic acids is 1. The number of carboxylic acid groups (broad SMARTS) is 1. The van der Waals surface area contributed by atoms with Crippen LogP contribution in [0.5, 0.6) is 5.88 Å². The highest BCUT2D eigenvalue weighted by atomic mass is 16.5. The van der Waals surface area contributed by atoms with Crippen LogP contribution in [-0.4, -0.2) is 33.7 Å². The number of rotatable bonds is 6. The van der Waals surface area contributed by atoms with Gasteiger partial charge in [0.15, 0.2) is 0 Å². The molecule has 2 unspecified atom stereocenters. The average Bonchev–Trinajstić information content (AvgIpc) is 2.85. The third-order valence-corrected chi connectivity index (χ3v) is 3.20. The molecule has 1 aromatic heterocycles. The highest BCUT2D eigenvalue weighted by Gasteiger charge is 2.29. The molecule has 0 saturated heterocycles. The number of nitrogens with one attached hydrogen (secondary N) is 1. The molecule has 2 N–H and O–H groups in total. The van der Waals surface area contributed by atoms with Crippen LogP contribution in [0.2, 0.25) is 0 Å². The van der Waals surface area contributed by atoms with Gasteiger partial charge in [0, 0.05) is 6.04 Å². The van der Waals surface area contributed by atoms with Crippen molar-refractivity contribution in [3.8, 4) is 5.88 Å². The molecule has 1 saturated carbocycles. The van der Waals surface area contributed by atoms with Gasteiger partial charge >= 0.3 is 5.97 Å². The predicted octanol–water partition coefficient (Wildman–Crippen LogP) is 1.93. The van der Waals surface area contributed by atoms with E-state index >= 15 is 0 Å². The van der Waals surface area contributed by atoms with Crippen LogP contribution in [0, 0.1) is 5.92 Å². The van der Waals surface area contributed by atoms with Gasteiger partial charge in [-0.15, -0.1) is 0 Å². The lowest BCUT2D eigenvalue weighted by atomic mass is 10.1. The normalized spacial score (nSPS) is 22.2. The molecule has 2 rings (SSSR count). The van der Waals surface area contributed by atoms with E-state index in [0.29, 0.717) is 31.1 Å². The van der Waals surface area contributed by atoms with Gasteiger partial charge in [0.25, 0.3) is 0 Å². The zero-order valence-corrected chi connectivity index (χ0v) is 11.0. The molecule has 1 fully saturated rings. The van der Waals surface area contributed by atoms with Gasteiger partial charge in [0.05, 0.1) is 24.9 Å². The van der Waals surface area contributed by atoms with Gasteiger partial charge < -0.3 is 15.2 Å². The van der Waals surface area contributed by atoms with E-state index in [-0.39, 0.29) is 12.0 Å². The van der Waals surface area contributed by atoms with Gasteiger partial charge in [-0.05, 0) is 25.7 Å². The molecule has 0 bridgehead atoms. The summed E-state index contributed by atoms with van der Waals surface area (Å²) >= 11 is 0. The van der Waals surface area contributed by atoms with Crippen LogP contribution in [0.15, 0.2) is 12.4 Å². The Bertz CT molecular complexity index is 439. The Morgan fingerprint density at radius 3 is 3.05 bits per heavy atom. The zero-order valence-electron chi connectivity index (χ0n) is 11.0. The molecule has 19 heavy (non-hydrogen) atoms. The summed E-state index contributed by atoms with van der Waals surface area (Å²) in [7, 11) is 0. The Balaban J connectivity index is 1.90. The third-order valence-electron chi connectivity index (χ3n) is 3.20. The highest BCUT2D eigenvalue weighted by Crippen LogP contribution is 2.28. The molecule has 2 atom stereocenters. The molecule has 0 amide bonds. The van der Waals surface area contributed by atoms with Gasteiger partial charge in [0.2, 0.25) is 5.88 Å². The number of anilines is 1. The van der Waals surface area contributed by atoms with Crippen LogP contribution in [0.1, 0.15) is 32.6 Å². The lowest BCUT2D eigenvalue weighted by Gasteiger charge is -2.13. The van der Waals surface area contributed by atoms with Crippen LogP contribution in [-0.2, 0) is 4.79 Å². The Labute approximate surface area is 112 Å². The van der Waals surface area contributed by atoms with Crippen molar-refractivity contribution in [1.82, 2.24) is 9.97 Å². The Kier molecular flexibility index (Phi) is 4.54. The summed E-state index contributed by atoms with van der Waals surface area (Å²) in [5.74, 6) is 0.185. The molecular formula is C13H19N3O3. The second-order valence-electron chi connectivity index (χ2n) is 4.78. The second kappa shape index (κ2) is 6.36. The van der Waals surface area contributed by atoms with Crippen LogP contribution in [0.25, 0.3) is 0 Å². The Morgan fingerprint density at radius 1 is 1.53 bits per heavy atom. The monoisotopic (exact) mass is 265 g/mol. The van der Waals surface area contributed by atoms with Gasteiger partial charge in [-0.2, -0.15) is 4.98 Å². The summed E-state index contributed by atoms with van der Waals surface area (Å²) in [5.41, 5.74) is 0. The van der Waals surface area contributed by atoms with E-state index in [1.807, 2.05) is 6.92 Å². The molecule has 0 aliphatic heterocycles. The molecule has 1 heterocycles. The molecule has 0 spiro atoms. The number of carbonyl (C=O) groups is 1. The Morgan fingerprint density at radius 2 is 2.37 bits per heavy atom. The number of ether oxygens (including phenoxy) is 1. The first-order valence-electron chi connectivity index (χ1n) is 6.63. The Hall–Kier alpha value is -1.85. The minimum Gasteiger partial charge on any atom is -0.481 e. The molecule has 104 valence electrons. The highest BCUT2D eigenvalue weighted by molar-refractivity contribution is 5.70. The minimum absolute atomic E-state index is 0.150. The minimum atomic E-state index is -0.713. The molecule has 1 aromatic rings. The van der Waals surface area contributed by atoms with Crippen molar-refractivity contribution < 1.29 is 14.6 Å². The molecule has 6 heteroatoms. The van der Waals surface area contributed by atoms with Crippen molar-refractivity contribution in [2.75, 3.05) is 11.9 Å². The lowest BCUT2D eigenvalue weighted by molar-refractivity contribution is -0.141. The van der Waals surface area contributed by atoms with Gasteiger partial charge in [0.1, 0.15) is 5.82 Å². The van der Waals surface area contributed by atoms with Crippen molar-refractivity contribution in [3.05, 3.63) is 12.4 Å². The molecular weight excluding hydrogens is 246 g/mol. The predicted molar refractivity (Wildman–Crippen MR) is 70.2 cm³/mol. The summed E-state index contributed by atoms with van der Waals surface area (Å²) in [6.45, 7) is 2.64.